The molecule has 1 aromatic heterocycles. The van der Waals surface area contributed by atoms with E-state index in [2.05, 4.69) is 10.3 Å². The molecule has 2 bridgehead atoms. The maximum atomic E-state index is 13.1. The zero-order valence-corrected chi connectivity index (χ0v) is 15.6. The van der Waals surface area contributed by atoms with E-state index in [1.54, 1.807) is 12.6 Å². The number of methoxy groups -OCH3 is 1. The summed E-state index contributed by atoms with van der Waals surface area (Å²) in [6.45, 7) is 0.161. The molecule has 0 radical (unpaired) electrons. The Morgan fingerprint density at radius 3 is 2.92 bits per heavy atom. The summed E-state index contributed by atoms with van der Waals surface area (Å²) >= 11 is 1.48. The number of carbonyl (C=O) groups excluding carboxylic acids is 3. The number of fused-ring (bicyclic) bond motifs is 2. The summed E-state index contributed by atoms with van der Waals surface area (Å²) in [5.74, 6) is -0.790. The molecule has 0 aromatic carbocycles. The molecule has 0 spiro atoms. The van der Waals surface area contributed by atoms with Gasteiger partial charge in [-0.05, 0) is 19.3 Å². The van der Waals surface area contributed by atoms with Gasteiger partial charge in [0, 0.05) is 31.0 Å². The Balaban J connectivity index is 1.85. The molecule has 0 aliphatic carbocycles. The van der Waals surface area contributed by atoms with Gasteiger partial charge in [0.05, 0.1) is 36.2 Å². The van der Waals surface area contributed by atoms with E-state index in [4.69, 9.17) is 10.5 Å². The summed E-state index contributed by atoms with van der Waals surface area (Å²) in [5, 5.41) is 4.59. The highest BCUT2D eigenvalue weighted by Gasteiger charge is 2.61. The number of primary amides is 1. The molecule has 3 atom stereocenters. The smallest absolute Gasteiger partial charge is 0.236 e. The number of hydrogen-bond donors (Lipinski definition) is 2. The molecular formula is C17H24N4O4S. The van der Waals surface area contributed by atoms with Gasteiger partial charge in [0.25, 0.3) is 0 Å². The van der Waals surface area contributed by atoms with Crippen LogP contribution in [0, 0.1) is 5.41 Å². The van der Waals surface area contributed by atoms with E-state index < -0.39 is 11.3 Å². The lowest BCUT2D eigenvalue weighted by Crippen LogP contribution is -2.52. The molecule has 8 nitrogen and oxygen atoms in total. The van der Waals surface area contributed by atoms with Gasteiger partial charge in [0.2, 0.25) is 17.7 Å². The Morgan fingerprint density at radius 1 is 1.46 bits per heavy atom. The van der Waals surface area contributed by atoms with Crippen LogP contribution < -0.4 is 11.1 Å². The first-order valence-electron chi connectivity index (χ1n) is 8.71. The number of rotatable bonds is 8. The van der Waals surface area contributed by atoms with Crippen molar-refractivity contribution in [1.82, 2.24) is 15.2 Å². The summed E-state index contributed by atoms with van der Waals surface area (Å²) in [6.07, 6.45) is 3.01. The Kier molecular flexibility index (Phi) is 5.57. The van der Waals surface area contributed by atoms with Crippen LogP contribution in [0.25, 0.3) is 0 Å². The van der Waals surface area contributed by atoms with Gasteiger partial charge in [-0.2, -0.15) is 0 Å². The van der Waals surface area contributed by atoms with Crippen LogP contribution in [0.3, 0.4) is 0 Å². The number of amides is 3. The van der Waals surface area contributed by atoms with Crippen LogP contribution in [0.2, 0.25) is 0 Å². The molecule has 1 aromatic rings. The fourth-order valence-corrected chi connectivity index (χ4v) is 4.94. The minimum absolute atomic E-state index is 0.0159. The van der Waals surface area contributed by atoms with Crippen molar-refractivity contribution in [2.45, 2.75) is 44.2 Å². The van der Waals surface area contributed by atoms with Crippen molar-refractivity contribution in [3.05, 3.63) is 16.6 Å². The number of nitrogens with zero attached hydrogens (tertiary/aromatic N) is 2. The highest BCUT2D eigenvalue weighted by Crippen LogP contribution is 2.52. The number of ether oxygens (including phenoxy) is 1. The van der Waals surface area contributed by atoms with Gasteiger partial charge in [0.15, 0.2) is 0 Å². The molecule has 2 fully saturated rings. The molecule has 3 N–H and O–H groups in total. The molecule has 9 heteroatoms. The third-order valence-electron chi connectivity index (χ3n) is 5.40. The van der Waals surface area contributed by atoms with Gasteiger partial charge < -0.3 is 20.7 Å². The van der Waals surface area contributed by atoms with Crippen molar-refractivity contribution in [3.8, 4) is 0 Å². The highest BCUT2D eigenvalue weighted by atomic mass is 32.1. The van der Waals surface area contributed by atoms with Gasteiger partial charge in [-0.3, -0.25) is 14.4 Å². The fourth-order valence-electron chi connectivity index (χ4n) is 4.38. The lowest BCUT2D eigenvalue weighted by molar-refractivity contribution is -0.138. The minimum Gasteiger partial charge on any atom is -0.384 e. The Hall–Kier alpha value is -2.00. The fraction of sp³-hybridized carbons (Fsp3) is 0.647. The quantitative estimate of drug-likeness (QED) is 0.662. The van der Waals surface area contributed by atoms with Crippen LogP contribution in [0.1, 0.15) is 31.4 Å². The topological polar surface area (TPSA) is 115 Å². The van der Waals surface area contributed by atoms with Gasteiger partial charge in [-0.15, -0.1) is 11.3 Å². The Labute approximate surface area is 156 Å². The van der Waals surface area contributed by atoms with E-state index in [1.807, 2.05) is 10.3 Å². The van der Waals surface area contributed by atoms with Crippen molar-refractivity contribution in [2.75, 3.05) is 20.3 Å². The van der Waals surface area contributed by atoms with Gasteiger partial charge in [-0.25, -0.2) is 4.98 Å². The van der Waals surface area contributed by atoms with E-state index >= 15 is 0 Å². The van der Waals surface area contributed by atoms with Gasteiger partial charge in [0.1, 0.15) is 0 Å². The predicted molar refractivity (Wildman–Crippen MR) is 95.2 cm³/mol. The summed E-state index contributed by atoms with van der Waals surface area (Å²) in [6, 6.07) is -0.145. The molecule has 3 amide bonds. The van der Waals surface area contributed by atoms with Gasteiger partial charge >= 0.3 is 0 Å². The van der Waals surface area contributed by atoms with Crippen LogP contribution in [0.15, 0.2) is 10.9 Å². The van der Waals surface area contributed by atoms with Crippen molar-refractivity contribution >= 4 is 29.1 Å². The van der Waals surface area contributed by atoms with Crippen molar-refractivity contribution in [1.29, 1.82) is 0 Å². The first-order chi connectivity index (χ1) is 12.5. The van der Waals surface area contributed by atoms with E-state index in [9.17, 15) is 14.4 Å². The van der Waals surface area contributed by atoms with Crippen LogP contribution in [-0.4, -0.2) is 60.0 Å². The number of aromatic nitrogens is 1. The zero-order chi connectivity index (χ0) is 18.7. The van der Waals surface area contributed by atoms with Crippen LogP contribution in [0.5, 0.6) is 0 Å². The Bertz CT molecular complexity index is 680. The summed E-state index contributed by atoms with van der Waals surface area (Å²) < 4.78 is 5.03. The second kappa shape index (κ2) is 7.71. The summed E-state index contributed by atoms with van der Waals surface area (Å²) in [4.78, 5) is 43.0. The summed E-state index contributed by atoms with van der Waals surface area (Å²) in [5.41, 5.74) is 6.98. The third kappa shape index (κ3) is 3.45. The molecule has 2 saturated heterocycles. The molecule has 26 heavy (non-hydrogen) atoms. The first-order valence-corrected chi connectivity index (χ1v) is 9.66. The lowest BCUT2D eigenvalue weighted by atomic mass is 9.70. The molecule has 142 valence electrons. The van der Waals surface area contributed by atoms with Gasteiger partial charge in [-0.1, -0.05) is 0 Å². The van der Waals surface area contributed by atoms with Crippen LogP contribution >= 0.6 is 11.3 Å². The largest absolute Gasteiger partial charge is 0.384 e. The maximum Gasteiger partial charge on any atom is 0.236 e. The average Bonchev–Trinajstić information content (AvgIpc) is 3.33. The molecular weight excluding hydrogens is 356 g/mol. The monoisotopic (exact) mass is 380 g/mol. The molecule has 3 heterocycles. The number of nitrogens with two attached hydrogens (primary N) is 1. The SMILES string of the molecule is COCCC(=O)N1[C@@H]2CC[C@H]1[C@@](Cc1cscn1)(C(=O)NCC(N)=O)C2. The molecule has 3 rings (SSSR count). The average molecular weight is 380 g/mol. The van der Waals surface area contributed by atoms with Crippen LogP contribution in [-0.2, 0) is 25.5 Å². The van der Waals surface area contributed by atoms with Crippen LogP contribution in [0.4, 0.5) is 0 Å². The third-order valence-corrected chi connectivity index (χ3v) is 6.04. The van der Waals surface area contributed by atoms with Crippen molar-refractivity contribution in [2.24, 2.45) is 11.1 Å². The second-order valence-electron chi connectivity index (χ2n) is 6.96. The Morgan fingerprint density at radius 2 is 2.27 bits per heavy atom. The zero-order valence-electron chi connectivity index (χ0n) is 14.8. The number of carbonyl (C=O) groups is 3. The predicted octanol–water partition coefficient (Wildman–Crippen LogP) is 0.0733. The van der Waals surface area contributed by atoms with Crippen molar-refractivity contribution in [3.63, 3.8) is 0 Å². The van der Waals surface area contributed by atoms with E-state index in [0.717, 1.165) is 18.5 Å². The number of hydrogen-bond acceptors (Lipinski definition) is 6. The highest BCUT2D eigenvalue weighted by molar-refractivity contribution is 7.07. The van der Waals surface area contributed by atoms with E-state index in [1.165, 1.54) is 11.3 Å². The van der Waals surface area contributed by atoms with Crippen molar-refractivity contribution < 1.29 is 19.1 Å². The standard InChI is InChI=1S/C17H24N4O4S/c1-25-5-4-15(23)21-12-2-3-13(21)17(7-12,6-11-9-26-10-20-11)16(24)19-8-14(18)22/h9-10,12-13H,2-8H2,1H3,(H2,18,22)(H,19,24)/t12-,13+,17+/m1/s1. The minimum atomic E-state index is -0.769. The first kappa shape index (κ1) is 18.8. The summed E-state index contributed by atoms with van der Waals surface area (Å²) in [7, 11) is 1.57. The number of thiazole rings is 1. The maximum absolute atomic E-state index is 13.1. The lowest BCUT2D eigenvalue weighted by Gasteiger charge is -2.35. The normalized spacial score (nSPS) is 26.9. The van der Waals surface area contributed by atoms with E-state index in [0.29, 0.717) is 25.9 Å². The second-order valence-corrected chi connectivity index (χ2v) is 7.68. The molecule has 0 unspecified atom stereocenters. The number of nitrogens with one attached hydrogen (secondary N) is 1. The molecule has 0 saturated carbocycles. The molecule has 2 aliphatic rings. The van der Waals surface area contributed by atoms with E-state index in [-0.39, 0.29) is 30.4 Å². The molecule has 2 aliphatic heterocycles.